The van der Waals surface area contributed by atoms with E-state index in [4.69, 9.17) is 9.15 Å². The quantitative estimate of drug-likeness (QED) is 0.574. The molecule has 1 unspecified atom stereocenters. The molecule has 1 atom stereocenters. The molecule has 0 radical (unpaired) electrons. The van der Waals surface area contributed by atoms with Crippen molar-refractivity contribution in [2.24, 2.45) is 5.92 Å². The number of hydrogen-bond donors (Lipinski definition) is 2. The Hall–Kier alpha value is -3.48. The average molecular weight is 436 g/mol. The molecule has 32 heavy (non-hydrogen) atoms. The lowest BCUT2D eigenvalue weighted by Gasteiger charge is -2.31. The zero-order valence-electron chi connectivity index (χ0n) is 18.5. The summed E-state index contributed by atoms with van der Waals surface area (Å²) in [5.41, 5.74) is 1.47. The smallest absolute Gasteiger partial charge is 0.321 e. The number of anilines is 1. The van der Waals surface area contributed by atoms with Gasteiger partial charge in [-0.25, -0.2) is 4.79 Å². The van der Waals surface area contributed by atoms with Crippen molar-refractivity contribution in [1.82, 2.24) is 10.2 Å². The first kappa shape index (κ1) is 21.7. The third-order valence-electron chi connectivity index (χ3n) is 5.79. The van der Waals surface area contributed by atoms with E-state index >= 15 is 0 Å². The predicted molar refractivity (Wildman–Crippen MR) is 124 cm³/mol. The minimum absolute atomic E-state index is 0.00824. The number of hydrogen-bond acceptors (Lipinski definition) is 4. The number of furan rings is 1. The first-order valence-corrected chi connectivity index (χ1v) is 11.1. The minimum Gasteiger partial charge on any atom is -0.490 e. The molecule has 1 saturated heterocycles. The number of urea groups is 1. The molecular formula is C25H29N3O4. The topological polar surface area (TPSA) is 83.8 Å². The van der Waals surface area contributed by atoms with Gasteiger partial charge in [-0.15, -0.1) is 0 Å². The third kappa shape index (κ3) is 4.88. The van der Waals surface area contributed by atoms with Crippen LogP contribution in [0.25, 0.3) is 11.0 Å². The average Bonchev–Trinajstić information content (AvgIpc) is 3.26. The summed E-state index contributed by atoms with van der Waals surface area (Å²) in [6.07, 6.45) is 1.27. The molecule has 1 fully saturated rings. The molecule has 7 nitrogen and oxygen atoms in total. The lowest BCUT2D eigenvalue weighted by molar-refractivity contribution is -0.127. The largest absolute Gasteiger partial charge is 0.490 e. The Kier molecular flexibility index (Phi) is 6.63. The van der Waals surface area contributed by atoms with Gasteiger partial charge in [-0.3, -0.25) is 4.79 Å². The molecule has 2 heterocycles. The fourth-order valence-electron chi connectivity index (χ4n) is 4.01. The fourth-order valence-corrected chi connectivity index (χ4v) is 4.01. The Balaban J connectivity index is 1.31. The zero-order valence-corrected chi connectivity index (χ0v) is 18.5. The van der Waals surface area contributed by atoms with Gasteiger partial charge < -0.3 is 24.7 Å². The summed E-state index contributed by atoms with van der Waals surface area (Å²) in [6.45, 7) is 5.50. The Labute approximate surface area is 187 Å². The van der Waals surface area contributed by atoms with E-state index in [1.54, 1.807) is 4.90 Å². The van der Waals surface area contributed by atoms with E-state index in [0.29, 0.717) is 49.6 Å². The van der Waals surface area contributed by atoms with Crippen LogP contribution in [0.5, 0.6) is 5.75 Å². The molecule has 2 aromatic carbocycles. The number of nitrogens with zero attached hydrogens (tertiary/aromatic N) is 1. The highest BCUT2D eigenvalue weighted by Crippen LogP contribution is 2.31. The van der Waals surface area contributed by atoms with E-state index in [2.05, 4.69) is 10.6 Å². The van der Waals surface area contributed by atoms with Gasteiger partial charge in [0.25, 0.3) is 0 Å². The maximum Gasteiger partial charge on any atom is 0.321 e. The van der Waals surface area contributed by atoms with Crippen LogP contribution in [-0.2, 0) is 4.79 Å². The van der Waals surface area contributed by atoms with Crippen LogP contribution in [-0.4, -0.2) is 36.5 Å². The van der Waals surface area contributed by atoms with Gasteiger partial charge in [0.15, 0.2) is 11.3 Å². The van der Waals surface area contributed by atoms with Gasteiger partial charge in [0.2, 0.25) is 5.91 Å². The van der Waals surface area contributed by atoms with Crippen molar-refractivity contribution in [2.75, 3.05) is 25.0 Å². The monoisotopic (exact) mass is 435 g/mol. The number of piperidine rings is 1. The number of rotatable bonds is 6. The highest BCUT2D eigenvalue weighted by Gasteiger charge is 2.28. The van der Waals surface area contributed by atoms with Crippen LogP contribution in [0.15, 0.2) is 59.0 Å². The predicted octanol–water partition coefficient (Wildman–Crippen LogP) is 4.95. The summed E-state index contributed by atoms with van der Waals surface area (Å²) in [5.74, 6) is 1.27. The number of amides is 3. The van der Waals surface area contributed by atoms with Crippen LogP contribution in [0.4, 0.5) is 10.5 Å². The Morgan fingerprint density at radius 3 is 2.59 bits per heavy atom. The molecular weight excluding hydrogens is 406 g/mol. The van der Waals surface area contributed by atoms with Crippen molar-refractivity contribution in [3.8, 4) is 5.75 Å². The van der Waals surface area contributed by atoms with Crippen molar-refractivity contribution in [3.63, 3.8) is 0 Å². The Morgan fingerprint density at radius 1 is 1.12 bits per heavy atom. The van der Waals surface area contributed by atoms with Crippen LogP contribution in [0, 0.1) is 5.92 Å². The molecule has 0 spiro atoms. The Bertz CT molecular complexity index is 1070. The number of nitrogens with one attached hydrogen (secondary N) is 2. The van der Waals surface area contributed by atoms with Crippen LogP contribution >= 0.6 is 0 Å². The molecule has 7 heteroatoms. The highest BCUT2D eigenvalue weighted by atomic mass is 16.5. The molecule has 168 valence electrons. The van der Waals surface area contributed by atoms with E-state index in [1.165, 1.54) is 0 Å². The number of benzene rings is 2. The molecule has 3 aromatic rings. The second kappa shape index (κ2) is 9.77. The number of likely N-dealkylation sites (tertiary alicyclic amines) is 1. The van der Waals surface area contributed by atoms with Gasteiger partial charge in [0.05, 0.1) is 12.6 Å². The zero-order chi connectivity index (χ0) is 22.5. The van der Waals surface area contributed by atoms with Crippen molar-refractivity contribution < 1.29 is 18.7 Å². The van der Waals surface area contributed by atoms with E-state index in [-0.39, 0.29) is 23.9 Å². The molecule has 1 aliphatic heterocycles. The van der Waals surface area contributed by atoms with Gasteiger partial charge in [0.1, 0.15) is 5.76 Å². The summed E-state index contributed by atoms with van der Waals surface area (Å²) in [7, 11) is 0. The summed E-state index contributed by atoms with van der Waals surface area (Å²) in [4.78, 5) is 27.1. The van der Waals surface area contributed by atoms with Crippen molar-refractivity contribution in [3.05, 3.63) is 60.4 Å². The molecule has 0 saturated carbocycles. The van der Waals surface area contributed by atoms with E-state index < -0.39 is 0 Å². The van der Waals surface area contributed by atoms with E-state index in [0.717, 1.165) is 11.1 Å². The molecule has 4 rings (SSSR count). The van der Waals surface area contributed by atoms with Gasteiger partial charge in [-0.1, -0.05) is 30.3 Å². The second-order valence-corrected chi connectivity index (χ2v) is 8.04. The first-order chi connectivity index (χ1) is 15.5. The lowest BCUT2D eigenvalue weighted by Crippen LogP contribution is -2.44. The summed E-state index contributed by atoms with van der Waals surface area (Å²) < 4.78 is 11.6. The fraction of sp³-hybridized carbons (Fsp3) is 0.360. The summed E-state index contributed by atoms with van der Waals surface area (Å²) in [6, 6.07) is 16.7. The SMILES string of the molecule is CCOc1cccc2cc(C(C)NC(=O)C3CCN(C(=O)Nc4ccccc4)CC3)oc12. The molecule has 0 bridgehead atoms. The van der Waals surface area contributed by atoms with Gasteiger partial charge in [0, 0.05) is 30.1 Å². The van der Waals surface area contributed by atoms with Crippen LogP contribution in [0.2, 0.25) is 0 Å². The summed E-state index contributed by atoms with van der Waals surface area (Å²) in [5, 5.41) is 6.92. The third-order valence-corrected chi connectivity index (χ3v) is 5.79. The summed E-state index contributed by atoms with van der Waals surface area (Å²) >= 11 is 0. The maximum atomic E-state index is 12.8. The second-order valence-electron chi connectivity index (χ2n) is 8.04. The number of carbonyl (C=O) groups excluding carboxylic acids is 2. The van der Waals surface area contributed by atoms with Crippen molar-refractivity contribution >= 4 is 28.6 Å². The molecule has 0 aliphatic carbocycles. The molecule has 1 aromatic heterocycles. The van der Waals surface area contributed by atoms with Crippen molar-refractivity contribution in [2.45, 2.75) is 32.7 Å². The number of carbonyl (C=O) groups is 2. The van der Waals surface area contributed by atoms with E-state index in [9.17, 15) is 9.59 Å². The molecule has 3 amide bonds. The Morgan fingerprint density at radius 2 is 1.88 bits per heavy atom. The lowest BCUT2D eigenvalue weighted by atomic mass is 9.95. The van der Waals surface area contributed by atoms with Gasteiger partial charge in [-0.05, 0) is 51.0 Å². The normalized spacial score (nSPS) is 15.4. The number of ether oxygens (including phenoxy) is 1. The maximum absolute atomic E-state index is 12.8. The van der Waals surface area contributed by atoms with Crippen molar-refractivity contribution in [1.29, 1.82) is 0 Å². The standard InChI is InChI=1S/C25H29N3O4/c1-3-31-21-11-7-8-19-16-22(32-23(19)21)17(2)26-24(29)18-12-14-28(15-13-18)25(30)27-20-9-5-4-6-10-20/h4-11,16-18H,3,12-15H2,1-2H3,(H,26,29)(H,27,30). The minimum atomic E-state index is -0.260. The molecule has 2 N–H and O–H groups in total. The van der Waals surface area contributed by atoms with Crippen LogP contribution in [0.1, 0.15) is 38.5 Å². The van der Waals surface area contributed by atoms with E-state index in [1.807, 2.05) is 68.4 Å². The molecule has 1 aliphatic rings. The van der Waals surface area contributed by atoms with Gasteiger partial charge in [-0.2, -0.15) is 0 Å². The first-order valence-electron chi connectivity index (χ1n) is 11.1. The highest BCUT2D eigenvalue weighted by molar-refractivity contribution is 5.89. The number of fused-ring (bicyclic) bond motifs is 1. The van der Waals surface area contributed by atoms with Gasteiger partial charge >= 0.3 is 6.03 Å². The van der Waals surface area contributed by atoms with Crippen LogP contribution < -0.4 is 15.4 Å². The van der Waals surface area contributed by atoms with Crippen LogP contribution in [0.3, 0.4) is 0 Å². The number of para-hydroxylation sites is 2.